The molecule has 0 aromatic heterocycles. The average Bonchev–Trinajstić information content (AvgIpc) is 1.84. The molecule has 1 amide bonds. The predicted octanol–water partition coefficient (Wildman–Crippen LogP) is 2.79. The van der Waals surface area contributed by atoms with Crippen molar-refractivity contribution in [3.8, 4) is 0 Å². The Hall–Kier alpha value is -0.440. The molecule has 72 valence electrons. The highest BCUT2D eigenvalue weighted by molar-refractivity contribution is 6.20. The normalized spacial score (nSPS) is 11.1. The summed E-state index contributed by atoms with van der Waals surface area (Å²) in [6.45, 7) is 7.88. The van der Waals surface area contributed by atoms with Crippen LogP contribution >= 0.6 is 11.8 Å². The smallest absolute Gasteiger partial charge is 0.425 e. The third kappa shape index (κ3) is 5.24. The summed E-state index contributed by atoms with van der Waals surface area (Å²) in [5, 5.41) is 0. The number of rotatable bonds is 2. The minimum atomic E-state index is -0.481. The molecule has 0 aliphatic heterocycles. The molecule has 0 saturated heterocycles. The van der Waals surface area contributed by atoms with Crippen LogP contribution in [0.2, 0.25) is 0 Å². The Kier molecular flexibility index (Phi) is 4.39. The SMILES string of the molecule is CCCN(Cl)C(=O)OC(C)(C)C. The fourth-order valence-corrected chi connectivity index (χ4v) is 0.803. The molecular formula is C8H16ClNO2. The number of ether oxygens (including phenoxy) is 1. The Labute approximate surface area is 78.7 Å². The van der Waals surface area contributed by atoms with Crippen molar-refractivity contribution < 1.29 is 9.53 Å². The van der Waals surface area contributed by atoms with Gasteiger partial charge in [0.2, 0.25) is 0 Å². The van der Waals surface area contributed by atoms with Crippen molar-refractivity contribution in [1.29, 1.82) is 0 Å². The van der Waals surface area contributed by atoms with E-state index in [9.17, 15) is 4.79 Å². The summed E-state index contributed by atoms with van der Waals surface area (Å²) in [7, 11) is 0. The maximum atomic E-state index is 11.1. The van der Waals surface area contributed by atoms with Crippen LogP contribution in [0.4, 0.5) is 4.79 Å². The van der Waals surface area contributed by atoms with Gasteiger partial charge in [-0.1, -0.05) is 6.92 Å². The van der Waals surface area contributed by atoms with Crippen LogP contribution < -0.4 is 0 Å². The molecule has 0 spiro atoms. The minimum Gasteiger partial charge on any atom is -0.443 e. The van der Waals surface area contributed by atoms with Crippen molar-refractivity contribution in [2.45, 2.75) is 39.7 Å². The second-order valence-corrected chi connectivity index (χ2v) is 3.97. The predicted molar refractivity (Wildman–Crippen MR) is 49.1 cm³/mol. The topological polar surface area (TPSA) is 29.5 Å². The summed E-state index contributed by atoms with van der Waals surface area (Å²) in [5.41, 5.74) is -0.474. The molecule has 0 fully saturated rings. The summed E-state index contributed by atoms with van der Waals surface area (Å²) in [6.07, 6.45) is 0.342. The van der Waals surface area contributed by atoms with Gasteiger partial charge in [0, 0.05) is 18.3 Å². The summed E-state index contributed by atoms with van der Waals surface area (Å²) in [4.78, 5) is 11.1. The third-order valence-corrected chi connectivity index (χ3v) is 1.32. The number of nitrogens with zero attached hydrogens (tertiary/aromatic N) is 1. The van der Waals surface area contributed by atoms with E-state index in [4.69, 9.17) is 16.5 Å². The standard InChI is InChI=1S/C8H16ClNO2/c1-5-6-10(9)7(11)12-8(2,3)4/h5-6H2,1-4H3. The number of amides is 1. The molecule has 0 bridgehead atoms. The van der Waals surface area contributed by atoms with Crippen molar-refractivity contribution in [1.82, 2.24) is 4.42 Å². The van der Waals surface area contributed by atoms with Crippen molar-refractivity contribution in [3.63, 3.8) is 0 Å². The van der Waals surface area contributed by atoms with Gasteiger partial charge in [-0.25, -0.2) is 9.21 Å². The van der Waals surface area contributed by atoms with E-state index in [1.54, 1.807) is 0 Å². The quantitative estimate of drug-likeness (QED) is 0.632. The first kappa shape index (κ1) is 11.6. The lowest BCUT2D eigenvalue weighted by atomic mass is 10.2. The fraction of sp³-hybridized carbons (Fsp3) is 0.875. The van der Waals surface area contributed by atoms with Gasteiger partial charge in [0.25, 0.3) is 0 Å². The Balaban J connectivity index is 3.87. The van der Waals surface area contributed by atoms with Crippen molar-refractivity contribution in [2.24, 2.45) is 0 Å². The van der Waals surface area contributed by atoms with Gasteiger partial charge in [-0.3, -0.25) is 0 Å². The summed E-state index contributed by atoms with van der Waals surface area (Å²) in [5.74, 6) is 0. The largest absolute Gasteiger partial charge is 0.443 e. The zero-order valence-electron chi connectivity index (χ0n) is 8.06. The molecule has 3 nitrogen and oxygen atoms in total. The second-order valence-electron chi connectivity index (χ2n) is 3.57. The van der Waals surface area contributed by atoms with Gasteiger partial charge in [0.1, 0.15) is 5.60 Å². The lowest BCUT2D eigenvalue weighted by Crippen LogP contribution is -2.31. The molecule has 0 radical (unpaired) electrons. The molecule has 0 aliphatic rings. The van der Waals surface area contributed by atoms with Crippen molar-refractivity contribution in [2.75, 3.05) is 6.54 Å². The first-order valence-corrected chi connectivity index (χ1v) is 4.37. The lowest BCUT2D eigenvalue weighted by Gasteiger charge is -2.22. The zero-order valence-corrected chi connectivity index (χ0v) is 8.81. The van der Waals surface area contributed by atoms with E-state index in [0.29, 0.717) is 6.54 Å². The van der Waals surface area contributed by atoms with Gasteiger partial charge >= 0.3 is 6.09 Å². The van der Waals surface area contributed by atoms with Crippen LogP contribution in [0.15, 0.2) is 0 Å². The monoisotopic (exact) mass is 193 g/mol. The van der Waals surface area contributed by atoms with Gasteiger partial charge in [-0.2, -0.15) is 0 Å². The highest BCUT2D eigenvalue weighted by atomic mass is 35.5. The van der Waals surface area contributed by atoms with Gasteiger partial charge in [0.05, 0.1) is 0 Å². The Morgan fingerprint density at radius 2 is 2.00 bits per heavy atom. The highest BCUT2D eigenvalue weighted by Gasteiger charge is 2.19. The van der Waals surface area contributed by atoms with Crippen molar-refractivity contribution >= 4 is 17.9 Å². The van der Waals surface area contributed by atoms with E-state index < -0.39 is 11.7 Å². The molecule has 0 N–H and O–H groups in total. The number of carbonyl (C=O) groups is 1. The molecule has 12 heavy (non-hydrogen) atoms. The average molecular weight is 194 g/mol. The Morgan fingerprint density at radius 3 is 2.33 bits per heavy atom. The van der Waals surface area contributed by atoms with Crippen LogP contribution in [-0.2, 0) is 4.74 Å². The molecule has 0 rings (SSSR count). The first-order valence-electron chi connectivity index (χ1n) is 4.03. The maximum Gasteiger partial charge on any atom is 0.425 e. The lowest BCUT2D eigenvalue weighted by molar-refractivity contribution is 0.0393. The van der Waals surface area contributed by atoms with Crippen LogP contribution in [0.1, 0.15) is 34.1 Å². The molecule has 0 atom stereocenters. The van der Waals surface area contributed by atoms with Gasteiger partial charge < -0.3 is 4.74 Å². The summed E-state index contributed by atoms with van der Waals surface area (Å²) >= 11 is 5.60. The molecule has 4 heteroatoms. The van der Waals surface area contributed by atoms with Gasteiger partial charge in [0.15, 0.2) is 0 Å². The van der Waals surface area contributed by atoms with E-state index in [1.807, 2.05) is 27.7 Å². The number of halogens is 1. The number of hydrogen-bond donors (Lipinski definition) is 0. The molecule has 0 saturated carbocycles. The number of hydrogen-bond acceptors (Lipinski definition) is 2. The van der Waals surface area contributed by atoms with Gasteiger partial charge in [-0.05, 0) is 27.2 Å². The summed E-state index contributed by atoms with van der Waals surface area (Å²) in [6, 6.07) is 0. The molecule has 0 heterocycles. The van der Waals surface area contributed by atoms with Crippen LogP contribution in [0.25, 0.3) is 0 Å². The van der Waals surface area contributed by atoms with E-state index in [2.05, 4.69) is 0 Å². The minimum absolute atomic E-state index is 0.474. The van der Waals surface area contributed by atoms with E-state index >= 15 is 0 Å². The molecule has 0 unspecified atom stereocenters. The second kappa shape index (κ2) is 4.55. The van der Waals surface area contributed by atoms with E-state index in [1.165, 1.54) is 0 Å². The highest BCUT2D eigenvalue weighted by Crippen LogP contribution is 2.11. The molecular weight excluding hydrogens is 178 g/mol. The van der Waals surface area contributed by atoms with E-state index in [0.717, 1.165) is 10.8 Å². The zero-order chi connectivity index (χ0) is 9.78. The fourth-order valence-electron chi connectivity index (χ4n) is 0.599. The molecule has 0 aromatic carbocycles. The van der Waals surface area contributed by atoms with E-state index in [-0.39, 0.29) is 0 Å². The van der Waals surface area contributed by atoms with Crippen LogP contribution in [0, 0.1) is 0 Å². The van der Waals surface area contributed by atoms with Crippen LogP contribution in [0.3, 0.4) is 0 Å². The molecule has 0 aliphatic carbocycles. The van der Waals surface area contributed by atoms with Crippen molar-refractivity contribution in [3.05, 3.63) is 0 Å². The maximum absolute atomic E-state index is 11.1. The summed E-state index contributed by atoms with van der Waals surface area (Å²) < 4.78 is 6.07. The Bertz CT molecular complexity index is 154. The number of carbonyl (C=O) groups excluding carboxylic acids is 1. The van der Waals surface area contributed by atoms with Crippen LogP contribution in [-0.4, -0.2) is 22.7 Å². The first-order chi connectivity index (χ1) is 5.37. The molecule has 0 aromatic rings. The Morgan fingerprint density at radius 1 is 1.50 bits per heavy atom. The third-order valence-electron chi connectivity index (χ3n) is 1.01. The van der Waals surface area contributed by atoms with Gasteiger partial charge in [-0.15, -0.1) is 0 Å². The van der Waals surface area contributed by atoms with Crippen LogP contribution in [0.5, 0.6) is 0 Å².